The van der Waals surface area contributed by atoms with Crippen LogP contribution in [0.15, 0.2) is 23.1 Å². The minimum Gasteiger partial charge on any atom is -0.480 e. The third kappa shape index (κ3) is 5.28. The number of rotatable bonds is 9. The summed E-state index contributed by atoms with van der Waals surface area (Å²) in [6.07, 6.45) is 0. The van der Waals surface area contributed by atoms with Gasteiger partial charge in [0.25, 0.3) is 5.91 Å². The van der Waals surface area contributed by atoms with Crippen LogP contribution in [0.1, 0.15) is 43.6 Å². The molecule has 0 radical (unpaired) electrons. The highest BCUT2D eigenvalue weighted by atomic mass is 32.2. The summed E-state index contributed by atoms with van der Waals surface area (Å²) >= 11 is 0. The standard InChI is InChI=1S/C18H28N2O5S/c1-6-20(7-2)26(24,25)16-10-15(9-8-14(16)5)18(23)19(11-13(3)4)12-17(21)22/h8-10,13H,6-7,11-12H2,1-5H3,(H,21,22). The van der Waals surface area contributed by atoms with E-state index in [2.05, 4.69) is 0 Å². The molecule has 1 amide bonds. The number of carbonyl (C=O) groups is 2. The molecule has 0 spiro atoms. The van der Waals surface area contributed by atoms with E-state index in [1.165, 1.54) is 21.3 Å². The van der Waals surface area contributed by atoms with E-state index in [1.54, 1.807) is 26.8 Å². The van der Waals surface area contributed by atoms with Crippen molar-refractivity contribution in [1.29, 1.82) is 0 Å². The Labute approximate surface area is 155 Å². The molecule has 0 saturated carbocycles. The zero-order chi connectivity index (χ0) is 20.1. The molecule has 1 aromatic carbocycles. The van der Waals surface area contributed by atoms with Crippen LogP contribution < -0.4 is 0 Å². The van der Waals surface area contributed by atoms with E-state index >= 15 is 0 Å². The number of hydrogen-bond donors (Lipinski definition) is 1. The number of sulfonamides is 1. The molecule has 0 aromatic heterocycles. The lowest BCUT2D eigenvalue weighted by atomic mass is 10.1. The molecular formula is C18H28N2O5S. The Bertz CT molecular complexity index is 755. The summed E-state index contributed by atoms with van der Waals surface area (Å²) < 4.78 is 27.0. The Morgan fingerprint density at radius 3 is 2.19 bits per heavy atom. The summed E-state index contributed by atoms with van der Waals surface area (Å²) in [6.45, 7) is 9.45. The summed E-state index contributed by atoms with van der Waals surface area (Å²) in [5.74, 6) is -1.51. The van der Waals surface area contributed by atoms with Gasteiger partial charge in [-0.25, -0.2) is 8.42 Å². The molecule has 146 valence electrons. The number of aliphatic carboxylic acids is 1. The van der Waals surface area contributed by atoms with Crippen molar-refractivity contribution in [2.45, 2.75) is 39.5 Å². The zero-order valence-electron chi connectivity index (χ0n) is 16.0. The van der Waals surface area contributed by atoms with Gasteiger partial charge < -0.3 is 10.0 Å². The number of carboxylic acid groups (broad SMARTS) is 1. The van der Waals surface area contributed by atoms with Crippen LogP contribution in [0.25, 0.3) is 0 Å². The number of benzene rings is 1. The van der Waals surface area contributed by atoms with Crippen LogP contribution in [-0.2, 0) is 14.8 Å². The number of carbonyl (C=O) groups excluding carboxylic acids is 1. The fourth-order valence-electron chi connectivity index (χ4n) is 2.72. The summed E-state index contributed by atoms with van der Waals surface area (Å²) in [4.78, 5) is 25.2. The summed E-state index contributed by atoms with van der Waals surface area (Å²) in [5.41, 5.74) is 0.713. The molecule has 0 aliphatic rings. The SMILES string of the molecule is CCN(CC)S(=O)(=O)c1cc(C(=O)N(CC(=O)O)CC(C)C)ccc1C. The lowest BCUT2D eigenvalue weighted by Gasteiger charge is -2.24. The highest BCUT2D eigenvalue weighted by Crippen LogP contribution is 2.22. The first-order valence-electron chi connectivity index (χ1n) is 8.66. The molecule has 7 nitrogen and oxygen atoms in total. The largest absolute Gasteiger partial charge is 0.480 e. The van der Waals surface area contributed by atoms with Gasteiger partial charge in [-0.2, -0.15) is 4.31 Å². The average molecular weight is 384 g/mol. The van der Waals surface area contributed by atoms with Crippen molar-refractivity contribution in [2.24, 2.45) is 5.92 Å². The number of hydrogen-bond acceptors (Lipinski definition) is 4. The maximum absolute atomic E-state index is 12.8. The second-order valence-corrected chi connectivity index (χ2v) is 8.45. The van der Waals surface area contributed by atoms with Crippen LogP contribution in [0.2, 0.25) is 0 Å². The van der Waals surface area contributed by atoms with E-state index in [0.717, 1.165) is 0 Å². The van der Waals surface area contributed by atoms with Gasteiger partial charge in [-0.1, -0.05) is 33.8 Å². The van der Waals surface area contributed by atoms with E-state index in [9.17, 15) is 18.0 Å². The van der Waals surface area contributed by atoms with Gasteiger partial charge in [-0.05, 0) is 30.5 Å². The Balaban J connectivity index is 3.34. The van der Waals surface area contributed by atoms with Crippen molar-refractivity contribution in [3.05, 3.63) is 29.3 Å². The molecule has 0 aliphatic heterocycles. The molecule has 0 heterocycles. The summed E-state index contributed by atoms with van der Waals surface area (Å²) in [7, 11) is -3.71. The first kappa shape index (κ1) is 22.1. The van der Waals surface area contributed by atoms with Crippen LogP contribution in [0.4, 0.5) is 0 Å². The van der Waals surface area contributed by atoms with Crippen LogP contribution in [0.5, 0.6) is 0 Å². The van der Waals surface area contributed by atoms with Gasteiger partial charge in [0.1, 0.15) is 6.54 Å². The molecular weight excluding hydrogens is 356 g/mol. The first-order valence-corrected chi connectivity index (χ1v) is 10.1. The van der Waals surface area contributed by atoms with Gasteiger partial charge in [0.2, 0.25) is 10.0 Å². The van der Waals surface area contributed by atoms with Gasteiger partial charge in [0, 0.05) is 25.2 Å². The lowest BCUT2D eigenvalue weighted by molar-refractivity contribution is -0.137. The predicted octanol–water partition coefficient (Wildman–Crippen LogP) is 2.21. The number of nitrogens with zero attached hydrogens (tertiary/aromatic N) is 2. The van der Waals surface area contributed by atoms with Crippen molar-refractivity contribution in [1.82, 2.24) is 9.21 Å². The summed E-state index contributed by atoms with van der Waals surface area (Å²) in [6, 6.07) is 4.46. The molecule has 1 aromatic rings. The van der Waals surface area contributed by atoms with Crippen molar-refractivity contribution in [3.63, 3.8) is 0 Å². The number of carboxylic acids is 1. The molecule has 8 heteroatoms. The second kappa shape index (κ2) is 9.14. The Morgan fingerprint density at radius 1 is 1.15 bits per heavy atom. The fraction of sp³-hybridized carbons (Fsp3) is 0.556. The topological polar surface area (TPSA) is 95.0 Å². The van der Waals surface area contributed by atoms with E-state index in [1.807, 2.05) is 13.8 Å². The number of amides is 1. The van der Waals surface area contributed by atoms with E-state index in [-0.39, 0.29) is 22.9 Å². The molecule has 0 saturated heterocycles. The van der Waals surface area contributed by atoms with Gasteiger partial charge >= 0.3 is 5.97 Å². The smallest absolute Gasteiger partial charge is 0.323 e. The molecule has 26 heavy (non-hydrogen) atoms. The van der Waals surface area contributed by atoms with Gasteiger partial charge in [0.05, 0.1) is 4.90 Å². The van der Waals surface area contributed by atoms with Crippen molar-refractivity contribution >= 4 is 21.9 Å². The molecule has 1 N–H and O–H groups in total. The maximum atomic E-state index is 12.8. The van der Waals surface area contributed by atoms with Crippen molar-refractivity contribution in [2.75, 3.05) is 26.2 Å². The quantitative estimate of drug-likeness (QED) is 0.704. The van der Waals surface area contributed by atoms with Gasteiger partial charge in [-0.15, -0.1) is 0 Å². The Hall–Kier alpha value is -1.93. The monoisotopic (exact) mass is 384 g/mol. The minimum absolute atomic E-state index is 0.0758. The average Bonchev–Trinajstić information content (AvgIpc) is 2.53. The van der Waals surface area contributed by atoms with Crippen LogP contribution >= 0.6 is 0 Å². The fourth-order valence-corrected chi connectivity index (χ4v) is 4.43. The van der Waals surface area contributed by atoms with Crippen LogP contribution in [-0.4, -0.2) is 60.8 Å². The Morgan fingerprint density at radius 2 is 1.73 bits per heavy atom. The third-order valence-electron chi connectivity index (χ3n) is 3.96. The lowest BCUT2D eigenvalue weighted by Crippen LogP contribution is -2.38. The van der Waals surface area contributed by atoms with Crippen molar-refractivity contribution < 1.29 is 23.1 Å². The maximum Gasteiger partial charge on any atom is 0.323 e. The third-order valence-corrected chi connectivity index (χ3v) is 6.15. The normalized spacial score (nSPS) is 11.8. The molecule has 0 unspecified atom stereocenters. The molecule has 0 bridgehead atoms. The van der Waals surface area contributed by atoms with Crippen molar-refractivity contribution in [3.8, 4) is 0 Å². The van der Waals surface area contributed by atoms with Gasteiger partial charge in [-0.3, -0.25) is 9.59 Å². The zero-order valence-corrected chi connectivity index (χ0v) is 16.8. The molecule has 0 atom stereocenters. The van der Waals surface area contributed by atoms with E-state index in [0.29, 0.717) is 18.7 Å². The second-order valence-electron chi connectivity index (χ2n) is 6.54. The minimum atomic E-state index is -3.71. The van der Waals surface area contributed by atoms with E-state index < -0.39 is 28.4 Å². The molecule has 0 fully saturated rings. The van der Waals surface area contributed by atoms with Gasteiger partial charge in [0.15, 0.2) is 0 Å². The first-order chi connectivity index (χ1) is 12.0. The summed E-state index contributed by atoms with van der Waals surface area (Å²) in [5, 5.41) is 9.06. The van der Waals surface area contributed by atoms with Crippen LogP contribution in [0.3, 0.4) is 0 Å². The molecule has 1 rings (SSSR count). The highest BCUT2D eigenvalue weighted by Gasteiger charge is 2.26. The van der Waals surface area contributed by atoms with E-state index in [4.69, 9.17) is 5.11 Å². The highest BCUT2D eigenvalue weighted by molar-refractivity contribution is 7.89. The Kier molecular flexibility index (Phi) is 7.77. The predicted molar refractivity (Wildman–Crippen MR) is 99.7 cm³/mol. The molecule has 0 aliphatic carbocycles. The number of aryl methyl sites for hydroxylation is 1. The van der Waals surface area contributed by atoms with Crippen LogP contribution in [0, 0.1) is 12.8 Å².